The van der Waals surface area contributed by atoms with Crippen LogP contribution in [0.15, 0.2) is 55.1 Å². The predicted octanol–water partition coefficient (Wildman–Crippen LogP) is 2.96. The van der Waals surface area contributed by atoms with E-state index in [4.69, 9.17) is 4.74 Å². The summed E-state index contributed by atoms with van der Waals surface area (Å²) in [5.74, 6) is -2.17. The average Bonchev–Trinajstić information content (AvgIpc) is 2.92. The number of nitrogens with one attached hydrogen (secondary N) is 1. The van der Waals surface area contributed by atoms with Gasteiger partial charge in [-0.05, 0) is 49.7 Å². The third-order valence-electron chi connectivity index (χ3n) is 4.46. The van der Waals surface area contributed by atoms with E-state index in [0.29, 0.717) is 5.69 Å². The minimum Gasteiger partial charge on any atom is -0.449 e. The second-order valence-corrected chi connectivity index (χ2v) is 6.68. The highest BCUT2D eigenvalue weighted by atomic mass is 16.5. The van der Waals surface area contributed by atoms with Crippen molar-refractivity contribution in [3.8, 4) is 0 Å². The Balaban J connectivity index is 1.70. The molecule has 1 aliphatic rings. The van der Waals surface area contributed by atoms with Gasteiger partial charge in [0.25, 0.3) is 17.7 Å². The molecule has 0 bridgehead atoms. The first kappa shape index (κ1) is 20.0. The van der Waals surface area contributed by atoms with Gasteiger partial charge in [-0.15, -0.1) is 6.58 Å². The van der Waals surface area contributed by atoms with Crippen molar-refractivity contribution in [2.24, 2.45) is 0 Å². The Morgan fingerprint density at radius 1 is 1.14 bits per heavy atom. The Bertz CT molecular complexity index is 1030. The standard InChI is InChI=1S/C22H20N2O5/c1-4-10-24-20(26)17-9-8-15(12-18(17)21(24)27)22(28)29-14(3)19(25)23-16-7-5-6-13(2)11-16/h4-9,11-12,14H,1,10H2,2-3H3,(H,23,25)/t14-/m0/s1. The number of aryl methyl sites for hydroxylation is 1. The van der Waals surface area contributed by atoms with Crippen molar-refractivity contribution >= 4 is 29.4 Å². The lowest BCUT2D eigenvalue weighted by Crippen LogP contribution is -2.30. The largest absolute Gasteiger partial charge is 0.449 e. The van der Waals surface area contributed by atoms with Crippen LogP contribution in [0.3, 0.4) is 0 Å². The first-order valence-electron chi connectivity index (χ1n) is 9.01. The maximum absolute atomic E-state index is 12.4. The highest BCUT2D eigenvalue weighted by Crippen LogP contribution is 2.24. The van der Waals surface area contributed by atoms with Gasteiger partial charge in [0.15, 0.2) is 6.10 Å². The topological polar surface area (TPSA) is 92.8 Å². The normalized spacial score (nSPS) is 13.7. The molecule has 0 saturated heterocycles. The van der Waals surface area contributed by atoms with Crippen molar-refractivity contribution in [3.05, 3.63) is 77.4 Å². The van der Waals surface area contributed by atoms with Crippen LogP contribution in [0.2, 0.25) is 0 Å². The summed E-state index contributed by atoms with van der Waals surface area (Å²) in [6.07, 6.45) is 0.400. The Labute approximate surface area is 168 Å². The third-order valence-corrected chi connectivity index (χ3v) is 4.46. The molecule has 1 aliphatic heterocycles. The summed E-state index contributed by atoms with van der Waals surface area (Å²) in [6, 6.07) is 11.4. The van der Waals surface area contributed by atoms with Gasteiger partial charge in [-0.2, -0.15) is 0 Å². The molecule has 29 heavy (non-hydrogen) atoms. The number of ether oxygens (including phenoxy) is 1. The van der Waals surface area contributed by atoms with Gasteiger partial charge in [-0.1, -0.05) is 18.2 Å². The van der Waals surface area contributed by atoms with Crippen LogP contribution in [0, 0.1) is 6.92 Å². The van der Waals surface area contributed by atoms with Crippen LogP contribution in [0.25, 0.3) is 0 Å². The minimum absolute atomic E-state index is 0.0839. The fourth-order valence-electron chi connectivity index (χ4n) is 2.96. The molecule has 148 valence electrons. The zero-order chi connectivity index (χ0) is 21.1. The quantitative estimate of drug-likeness (QED) is 0.463. The van der Waals surface area contributed by atoms with Crippen LogP contribution in [-0.2, 0) is 9.53 Å². The Morgan fingerprint density at radius 3 is 2.55 bits per heavy atom. The number of esters is 1. The fraction of sp³-hybridized carbons (Fsp3) is 0.182. The van der Waals surface area contributed by atoms with Crippen LogP contribution in [0.5, 0.6) is 0 Å². The summed E-state index contributed by atoms with van der Waals surface area (Å²) in [7, 11) is 0. The zero-order valence-electron chi connectivity index (χ0n) is 16.1. The minimum atomic E-state index is -1.05. The first-order chi connectivity index (χ1) is 13.8. The second-order valence-electron chi connectivity index (χ2n) is 6.68. The number of hydrogen-bond acceptors (Lipinski definition) is 5. The average molecular weight is 392 g/mol. The predicted molar refractivity (Wildman–Crippen MR) is 107 cm³/mol. The molecule has 1 N–H and O–H groups in total. The summed E-state index contributed by atoms with van der Waals surface area (Å²) in [5.41, 5.74) is 2.01. The van der Waals surface area contributed by atoms with Crippen molar-refractivity contribution in [1.82, 2.24) is 4.90 Å². The summed E-state index contributed by atoms with van der Waals surface area (Å²) >= 11 is 0. The van der Waals surface area contributed by atoms with Crippen molar-refractivity contribution in [3.63, 3.8) is 0 Å². The number of rotatable bonds is 6. The van der Waals surface area contributed by atoms with Crippen LogP contribution in [-0.4, -0.2) is 41.2 Å². The molecule has 0 radical (unpaired) electrons. The molecule has 0 saturated carbocycles. The third kappa shape index (κ3) is 4.08. The first-order valence-corrected chi connectivity index (χ1v) is 9.01. The van der Waals surface area contributed by atoms with Crippen LogP contribution in [0.4, 0.5) is 5.69 Å². The number of benzene rings is 2. The van der Waals surface area contributed by atoms with E-state index >= 15 is 0 Å². The lowest BCUT2D eigenvalue weighted by atomic mass is 10.1. The van der Waals surface area contributed by atoms with E-state index in [1.807, 2.05) is 13.0 Å². The molecule has 2 aromatic carbocycles. The maximum atomic E-state index is 12.4. The van der Waals surface area contributed by atoms with Crippen molar-refractivity contribution in [2.75, 3.05) is 11.9 Å². The molecule has 2 aromatic rings. The van der Waals surface area contributed by atoms with E-state index in [2.05, 4.69) is 11.9 Å². The lowest BCUT2D eigenvalue weighted by molar-refractivity contribution is -0.123. The molecule has 0 fully saturated rings. The van der Waals surface area contributed by atoms with Gasteiger partial charge in [0.2, 0.25) is 0 Å². The number of carbonyl (C=O) groups is 4. The van der Waals surface area contributed by atoms with E-state index < -0.39 is 29.8 Å². The van der Waals surface area contributed by atoms with Crippen molar-refractivity contribution in [1.29, 1.82) is 0 Å². The molecule has 0 aliphatic carbocycles. The maximum Gasteiger partial charge on any atom is 0.338 e. The number of nitrogens with zero attached hydrogens (tertiary/aromatic N) is 1. The van der Waals surface area contributed by atoms with Gasteiger partial charge in [-0.3, -0.25) is 19.3 Å². The molecule has 1 atom stereocenters. The van der Waals surface area contributed by atoms with Gasteiger partial charge < -0.3 is 10.1 Å². The van der Waals surface area contributed by atoms with Crippen molar-refractivity contribution in [2.45, 2.75) is 20.0 Å². The van der Waals surface area contributed by atoms with Crippen LogP contribution < -0.4 is 5.32 Å². The van der Waals surface area contributed by atoms with Gasteiger partial charge in [0.05, 0.1) is 16.7 Å². The van der Waals surface area contributed by atoms with Crippen LogP contribution in [0.1, 0.15) is 43.6 Å². The van der Waals surface area contributed by atoms with Gasteiger partial charge in [-0.25, -0.2) is 4.79 Å². The van der Waals surface area contributed by atoms with Gasteiger partial charge in [0, 0.05) is 12.2 Å². The number of carbonyl (C=O) groups excluding carboxylic acids is 4. The molecular weight excluding hydrogens is 372 g/mol. The van der Waals surface area contributed by atoms with E-state index in [0.717, 1.165) is 10.5 Å². The number of hydrogen-bond donors (Lipinski definition) is 1. The van der Waals surface area contributed by atoms with Crippen molar-refractivity contribution < 1.29 is 23.9 Å². The Morgan fingerprint density at radius 2 is 1.86 bits per heavy atom. The molecule has 7 heteroatoms. The molecule has 1 heterocycles. The summed E-state index contributed by atoms with van der Waals surface area (Å²) in [4.78, 5) is 50.4. The van der Waals surface area contributed by atoms with Gasteiger partial charge >= 0.3 is 5.97 Å². The summed E-state index contributed by atoms with van der Waals surface area (Å²) in [6.45, 7) is 6.97. The van der Waals surface area contributed by atoms with E-state index in [9.17, 15) is 19.2 Å². The molecule has 3 rings (SSSR count). The number of anilines is 1. The molecule has 7 nitrogen and oxygen atoms in total. The highest BCUT2D eigenvalue weighted by Gasteiger charge is 2.35. The number of fused-ring (bicyclic) bond motifs is 1. The Hall–Kier alpha value is -3.74. The monoisotopic (exact) mass is 392 g/mol. The Kier molecular flexibility index (Phi) is 5.59. The number of amides is 3. The fourth-order valence-corrected chi connectivity index (χ4v) is 2.96. The van der Waals surface area contributed by atoms with E-state index in [1.54, 1.807) is 18.2 Å². The molecular formula is C22H20N2O5. The molecule has 3 amide bonds. The molecule has 0 spiro atoms. The SMILES string of the molecule is C=CCN1C(=O)c2ccc(C(=O)O[C@@H](C)C(=O)Nc3cccc(C)c3)cc2C1=O. The van der Waals surface area contributed by atoms with E-state index in [-0.39, 0.29) is 23.2 Å². The molecule has 0 unspecified atom stereocenters. The summed E-state index contributed by atoms with van der Waals surface area (Å²) < 4.78 is 5.22. The smallest absolute Gasteiger partial charge is 0.338 e. The van der Waals surface area contributed by atoms with E-state index in [1.165, 1.54) is 31.2 Å². The zero-order valence-corrected chi connectivity index (χ0v) is 16.1. The lowest BCUT2D eigenvalue weighted by Gasteiger charge is -2.14. The highest BCUT2D eigenvalue weighted by molar-refractivity contribution is 6.22. The second kappa shape index (κ2) is 8.10. The van der Waals surface area contributed by atoms with Gasteiger partial charge in [0.1, 0.15) is 0 Å². The molecule has 0 aromatic heterocycles. The number of imide groups is 1. The van der Waals surface area contributed by atoms with Crippen LogP contribution >= 0.6 is 0 Å². The summed E-state index contributed by atoms with van der Waals surface area (Å²) in [5, 5.41) is 2.68.